The Morgan fingerprint density at radius 1 is 1.21 bits per heavy atom. The molecule has 124 valence electrons. The third-order valence-electron chi connectivity index (χ3n) is 4.28. The summed E-state index contributed by atoms with van der Waals surface area (Å²) in [6.07, 6.45) is 1.86. The van der Waals surface area contributed by atoms with Crippen molar-refractivity contribution in [3.8, 4) is 11.3 Å². The van der Waals surface area contributed by atoms with E-state index >= 15 is 0 Å². The lowest BCUT2D eigenvalue weighted by molar-refractivity contribution is -0.129. The molecule has 0 aliphatic carbocycles. The molecule has 1 amide bonds. The SMILES string of the molecule is CC(=O)N1CCC[C@@H]1c1cc(-c2ccc(C(=O)O)cc2)nc(C)n1. The van der Waals surface area contributed by atoms with Gasteiger partial charge in [-0.2, -0.15) is 0 Å². The van der Waals surface area contributed by atoms with Crippen molar-refractivity contribution in [3.63, 3.8) is 0 Å². The van der Waals surface area contributed by atoms with Gasteiger partial charge in [-0.15, -0.1) is 0 Å². The summed E-state index contributed by atoms with van der Waals surface area (Å²) in [7, 11) is 0. The number of hydrogen-bond donors (Lipinski definition) is 1. The molecule has 0 radical (unpaired) electrons. The first-order valence-electron chi connectivity index (χ1n) is 7.92. The molecule has 0 spiro atoms. The van der Waals surface area contributed by atoms with E-state index in [2.05, 4.69) is 9.97 Å². The summed E-state index contributed by atoms with van der Waals surface area (Å²) < 4.78 is 0. The quantitative estimate of drug-likeness (QED) is 0.938. The Bertz CT molecular complexity index is 787. The van der Waals surface area contributed by atoms with Crippen LogP contribution >= 0.6 is 0 Å². The highest BCUT2D eigenvalue weighted by Gasteiger charge is 2.29. The van der Waals surface area contributed by atoms with Crippen LogP contribution in [0, 0.1) is 6.92 Å². The Hall–Kier alpha value is -2.76. The number of likely N-dealkylation sites (tertiary alicyclic amines) is 1. The van der Waals surface area contributed by atoms with Gasteiger partial charge in [0.2, 0.25) is 5.91 Å². The second-order valence-corrected chi connectivity index (χ2v) is 5.98. The summed E-state index contributed by atoms with van der Waals surface area (Å²) in [4.78, 5) is 33.6. The molecular formula is C18H19N3O3. The van der Waals surface area contributed by atoms with Crippen LogP contribution in [0.5, 0.6) is 0 Å². The van der Waals surface area contributed by atoms with E-state index in [1.807, 2.05) is 17.9 Å². The topological polar surface area (TPSA) is 83.4 Å². The monoisotopic (exact) mass is 325 g/mol. The molecule has 1 aromatic carbocycles. The number of carbonyl (C=O) groups is 2. The third-order valence-corrected chi connectivity index (χ3v) is 4.28. The molecule has 2 aromatic rings. The average molecular weight is 325 g/mol. The van der Waals surface area contributed by atoms with E-state index in [0.717, 1.165) is 36.3 Å². The van der Waals surface area contributed by atoms with Crippen molar-refractivity contribution in [2.75, 3.05) is 6.54 Å². The molecule has 1 atom stereocenters. The van der Waals surface area contributed by atoms with Crippen LogP contribution in [0.25, 0.3) is 11.3 Å². The fourth-order valence-corrected chi connectivity index (χ4v) is 3.14. The van der Waals surface area contributed by atoms with Crippen molar-refractivity contribution in [3.05, 3.63) is 47.4 Å². The number of nitrogens with zero attached hydrogens (tertiary/aromatic N) is 3. The van der Waals surface area contributed by atoms with Gasteiger partial charge in [0.05, 0.1) is 23.0 Å². The molecule has 0 unspecified atom stereocenters. The maximum atomic E-state index is 11.8. The van der Waals surface area contributed by atoms with Gasteiger partial charge >= 0.3 is 5.97 Å². The van der Waals surface area contributed by atoms with Crippen LogP contribution in [0.15, 0.2) is 30.3 Å². The number of aromatic nitrogens is 2. The highest BCUT2D eigenvalue weighted by molar-refractivity contribution is 5.88. The van der Waals surface area contributed by atoms with E-state index in [4.69, 9.17) is 5.11 Å². The van der Waals surface area contributed by atoms with Crippen molar-refractivity contribution in [1.82, 2.24) is 14.9 Å². The number of hydrogen-bond acceptors (Lipinski definition) is 4. The highest BCUT2D eigenvalue weighted by atomic mass is 16.4. The first-order valence-corrected chi connectivity index (χ1v) is 7.92. The number of amides is 1. The Morgan fingerprint density at radius 3 is 2.54 bits per heavy atom. The van der Waals surface area contributed by atoms with Crippen LogP contribution in [0.2, 0.25) is 0 Å². The number of benzene rings is 1. The molecule has 1 N–H and O–H groups in total. The molecule has 3 rings (SSSR count). The van der Waals surface area contributed by atoms with Gasteiger partial charge in [-0.1, -0.05) is 12.1 Å². The third kappa shape index (κ3) is 3.13. The minimum absolute atomic E-state index is 0.0127. The van der Waals surface area contributed by atoms with Gasteiger partial charge in [0.15, 0.2) is 0 Å². The predicted octanol–water partition coefficient (Wildman–Crippen LogP) is 2.83. The number of carbonyl (C=O) groups excluding carboxylic acids is 1. The Balaban J connectivity index is 1.97. The van der Waals surface area contributed by atoms with Crippen LogP contribution < -0.4 is 0 Å². The van der Waals surface area contributed by atoms with Crippen LogP contribution in [-0.2, 0) is 4.79 Å². The number of carboxylic acid groups (broad SMARTS) is 1. The van der Waals surface area contributed by atoms with Gasteiger partial charge in [-0.25, -0.2) is 14.8 Å². The fourth-order valence-electron chi connectivity index (χ4n) is 3.14. The van der Waals surface area contributed by atoms with E-state index in [0.29, 0.717) is 5.82 Å². The Kier molecular flexibility index (Phi) is 4.29. The maximum Gasteiger partial charge on any atom is 0.335 e. The number of rotatable bonds is 3. The van der Waals surface area contributed by atoms with Crippen LogP contribution in [0.4, 0.5) is 0 Å². The molecule has 1 aromatic heterocycles. The van der Waals surface area contributed by atoms with Crippen molar-refractivity contribution in [2.24, 2.45) is 0 Å². The molecular weight excluding hydrogens is 306 g/mol. The van der Waals surface area contributed by atoms with Gasteiger partial charge in [-0.3, -0.25) is 4.79 Å². The van der Waals surface area contributed by atoms with Gasteiger partial charge < -0.3 is 10.0 Å². The Labute approximate surface area is 140 Å². The lowest BCUT2D eigenvalue weighted by Gasteiger charge is -2.23. The second-order valence-electron chi connectivity index (χ2n) is 5.98. The van der Waals surface area contributed by atoms with Crippen molar-refractivity contribution in [2.45, 2.75) is 32.7 Å². The zero-order valence-corrected chi connectivity index (χ0v) is 13.7. The van der Waals surface area contributed by atoms with Gasteiger partial charge in [-0.05, 0) is 38.0 Å². The van der Waals surface area contributed by atoms with E-state index in [9.17, 15) is 9.59 Å². The normalized spacial score (nSPS) is 17.1. The average Bonchev–Trinajstić information content (AvgIpc) is 3.04. The fraction of sp³-hybridized carbons (Fsp3) is 0.333. The largest absolute Gasteiger partial charge is 0.478 e. The van der Waals surface area contributed by atoms with Crippen LogP contribution in [-0.4, -0.2) is 38.4 Å². The summed E-state index contributed by atoms with van der Waals surface area (Å²) in [5.41, 5.74) is 2.65. The molecule has 1 saturated heterocycles. The lowest BCUT2D eigenvalue weighted by Crippen LogP contribution is -2.28. The molecule has 6 nitrogen and oxygen atoms in total. The molecule has 1 aliphatic rings. The second kappa shape index (κ2) is 6.39. The summed E-state index contributed by atoms with van der Waals surface area (Å²) in [5.74, 6) is -0.259. The van der Waals surface area contributed by atoms with Gasteiger partial charge in [0.25, 0.3) is 0 Å². The number of carboxylic acids is 1. The summed E-state index contributed by atoms with van der Waals surface area (Å²) >= 11 is 0. The first kappa shape index (κ1) is 16.1. The van der Waals surface area contributed by atoms with E-state index in [1.54, 1.807) is 31.2 Å². The zero-order valence-electron chi connectivity index (χ0n) is 13.7. The van der Waals surface area contributed by atoms with Crippen molar-refractivity contribution < 1.29 is 14.7 Å². The molecule has 0 bridgehead atoms. The van der Waals surface area contributed by atoms with E-state index < -0.39 is 5.97 Å². The smallest absolute Gasteiger partial charge is 0.335 e. The standard InChI is InChI=1S/C18H19N3O3/c1-11-19-15(13-5-7-14(8-6-13)18(23)24)10-16(20-11)17-4-3-9-21(17)12(2)22/h5-8,10,17H,3-4,9H2,1-2H3,(H,23,24)/t17-/m1/s1. The van der Waals surface area contributed by atoms with Crippen molar-refractivity contribution >= 4 is 11.9 Å². The van der Waals surface area contributed by atoms with Crippen molar-refractivity contribution in [1.29, 1.82) is 0 Å². The van der Waals surface area contributed by atoms with E-state index in [-0.39, 0.29) is 17.5 Å². The molecule has 2 heterocycles. The summed E-state index contributed by atoms with van der Waals surface area (Å²) in [5, 5.41) is 9.00. The van der Waals surface area contributed by atoms with Gasteiger partial charge in [0, 0.05) is 19.0 Å². The molecule has 1 aliphatic heterocycles. The van der Waals surface area contributed by atoms with Crippen LogP contribution in [0.1, 0.15) is 47.7 Å². The zero-order chi connectivity index (χ0) is 17.3. The highest BCUT2D eigenvalue weighted by Crippen LogP contribution is 2.32. The summed E-state index contributed by atoms with van der Waals surface area (Å²) in [6.45, 7) is 4.16. The molecule has 0 saturated carbocycles. The molecule has 6 heteroatoms. The van der Waals surface area contributed by atoms with E-state index in [1.165, 1.54) is 0 Å². The first-order chi connectivity index (χ1) is 11.5. The predicted molar refractivity (Wildman–Crippen MR) is 88.5 cm³/mol. The Morgan fingerprint density at radius 2 is 1.92 bits per heavy atom. The lowest BCUT2D eigenvalue weighted by atomic mass is 10.1. The van der Waals surface area contributed by atoms with Crippen LogP contribution in [0.3, 0.4) is 0 Å². The molecule has 1 fully saturated rings. The minimum atomic E-state index is -0.954. The number of aromatic carboxylic acids is 1. The molecule has 24 heavy (non-hydrogen) atoms. The van der Waals surface area contributed by atoms with Gasteiger partial charge in [0.1, 0.15) is 5.82 Å². The summed E-state index contributed by atoms with van der Waals surface area (Å²) in [6, 6.07) is 8.49. The number of aryl methyl sites for hydroxylation is 1. The minimum Gasteiger partial charge on any atom is -0.478 e. The maximum absolute atomic E-state index is 11.8.